The van der Waals surface area contributed by atoms with Crippen LogP contribution in [-0.4, -0.2) is 39.6 Å². The van der Waals surface area contributed by atoms with E-state index in [1.807, 2.05) is 0 Å². The smallest absolute Gasteiger partial charge is 0.355 e. The first-order chi connectivity index (χ1) is 8.49. The molecule has 0 aliphatic heterocycles. The highest BCUT2D eigenvalue weighted by atomic mass is 32.1. The fraction of sp³-hybridized carbons (Fsp3) is 0.400. The Morgan fingerprint density at radius 1 is 1.28 bits per heavy atom. The summed E-state index contributed by atoms with van der Waals surface area (Å²) in [7, 11) is 0. The van der Waals surface area contributed by atoms with Crippen molar-refractivity contribution in [3.8, 4) is 0 Å². The number of rotatable bonds is 7. The standard InChI is InChI=1S/C10H12N2O5S/c13-7(1-2-9(14)15)11-4-3-8-12-6(5-18-8)10(16)17/h5H,1-4H2,(H,11,13)(H,14,15)(H,16,17). The van der Waals surface area contributed by atoms with Gasteiger partial charge in [0.2, 0.25) is 5.91 Å². The van der Waals surface area contributed by atoms with Crippen molar-refractivity contribution in [3.63, 3.8) is 0 Å². The van der Waals surface area contributed by atoms with Crippen molar-refractivity contribution in [2.45, 2.75) is 19.3 Å². The minimum absolute atomic E-state index is 0.00722. The molecule has 7 nitrogen and oxygen atoms in total. The highest BCUT2D eigenvalue weighted by Gasteiger charge is 2.09. The lowest BCUT2D eigenvalue weighted by Crippen LogP contribution is -2.26. The molecular formula is C10H12N2O5S. The normalized spacial score (nSPS) is 10.0. The Kier molecular flexibility index (Phi) is 5.25. The number of thiazole rings is 1. The van der Waals surface area contributed by atoms with Crippen LogP contribution in [0.4, 0.5) is 0 Å². The monoisotopic (exact) mass is 272 g/mol. The van der Waals surface area contributed by atoms with Crippen LogP contribution in [0.3, 0.4) is 0 Å². The van der Waals surface area contributed by atoms with Crippen molar-refractivity contribution in [1.29, 1.82) is 0 Å². The third-order valence-corrected chi connectivity index (χ3v) is 2.91. The lowest BCUT2D eigenvalue weighted by atomic mass is 10.3. The Balaban J connectivity index is 2.26. The molecule has 0 atom stereocenters. The first-order valence-corrected chi connectivity index (χ1v) is 6.03. The molecule has 0 unspecified atom stereocenters. The van der Waals surface area contributed by atoms with Crippen molar-refractivity contribution in [3.05, 3.63) is 16.1 Å². The molecule has 0 fully saturated rings. The van der Waals surface area contributed by atoms with Gasteiger partial charge < -0.3 is 15.5 Å². The van der Waals surface area contributed by atoms with Crippen molar-refractivity contribution in [1.82, 2.24) is 10.3 Å². The van der Waals surface area contributed by atoms with Crippen LogP contribution in [0.15, 0.2) is 5.38 Å². The average Bonchev–Trinajstić information content (AvgIpc) is 2.75. The molecule has 0 saturated heterocycles. The van der Waals surface area contributed by atoms with Gasteiger partial charge in [0.15, 0.2) is 5.69 Å². The maximum absolute atomic E-state index is 11.2. The molecule has 1 aromatic heterocycles. The van der Waals surface area contributed by atoms with Crippen molar-refractivity contribution < 1.29 is 24.6 Å². The van der Waals surface area contributed by atoms with E-state index in [2.05, 4.69) is 10.3 Å². The number of hydrogen-bond donors (Lipinski definition) is 3. The van der Waals surface area contributed by atoms with Crippen LogP contribution in [0.25, 0.3) is 0 Å². The van der Waals surface area contributed by atoms with Crippen LogP contribution in [0.2, 0.25) is 0 Å². The minimum Gasteiger partial charge on any atom is -0.481 e. The number of aromatic nitrogens is 1. The zero-order valence-electron chi connectivity index (χ0n) is 9.38. The van der Waals surface area contributed by atoms with E-state index in [0.717, 1.165) is 0 Å². The lowest BCUT2D eigenvalue weighted by molar-refractivity contribution is -0.138. The van der Waals surface area contributed by atoms with Crippen LogP contribution >= 0.6 is 11.3 Å². The number of carbonyl (C=O) groups excluding carboxylic acids is 1. The molecule has 1 rings (SSSR count). The molecule has 0 aliphatic rings. The van der Waals surface area contributed by atoms with Crippen molar-refractivity contribution >= 4 is 29.2 Å². The van der Waals surface area contributed by atoms with Gasteiger partial charge >= 0.3 is 11.9 Å². The maximum atomic E-state index is 11.2. The van der Waals surface area contributed by atoms with Gasteiger partial charge in [-0.25, -0.2) is 9.78 Å². The number of carbonyl (C=O) groups is 3. The highest BCUT2D eigenvalue weighted by molar-refractivity contribution is 7.09. The van der Waals surface area contributed by atoms with E-state index in [1.165, 1.54) is 16.7 Å². The number of nitrogens with one attached hydrogen (secondary N) is 1. The lowest BCUT2D eigenvalue weighted by Gasteiger charge is -2.01. The van der Waals surface area contributed by atoms with Gasteiger partial charge in [-0.2, -0.15) is 0 Å². The molecule has 0 saturated carbocycles. The molecule has 0 bridgehead atoms. The van der Waals surface area contributed by atoms with E-state index in [9.17, 15) is 14.4 Å². The molecule has 0 aromatic carbocycles. The fourth-order valence-electron chi connectivity index (χ4n) is 1.14. The summed E-state index contributed by atoms with van der Waals surface area (Å²) in [6.45, 7) is 0.311. The van der Waals surface area contributed by atoms with Gasteiger partial charge in [-0.15, -0.1) is 11.3 Å². The molecule has 1 aromatic rings. The third-order valence-electron chi connectivity index (χ3n) is 2.00. The summed E-state index contributed by atoms with van der Waals surface area (Å²) in [5.41, 5.74) is -0.00722. The molecular weight excluding hydrogens is 260 g/mol. The first kappa shape index (κ1) is 14.1. The number of nitrogens with zero attached hydrogens (tertiary/aromatic N) is 1. The Morgan fingerprint density at radius 2 is 2.00 bits per heavy atom. The Bertz CT molecular complexity index is 457. The quantitative estimate of drug-likeness (QED) is 0.660. The summed E-state index contributed by atoms with van der Waals surface area (Å²) in [5, 5.41) is 21.6. The fourth-order valence-corrected chi connectivity index (χ4v) is 1.91. The van der Waals surface area contributed by atoms with Crippen LogP contribution < -0.4 is 5.32 Å². The molecule has 8 heteroatoms. The van der Waals surface area contributed by atoms with Crippen molar-refractivity contribution in [2.75, 3.05) is 6.54 Å². The number of aliphatic carboxylic acids is 1. The molecule has 18 heavy (non-hydrogen) atoms. The van der Waals surface area contributed by atoms with Gasteiger partial charge in [0, 0.05) is 24.8 Å². The van der Waals surface area contributed by atoms with Crippen LogP contribution in [-0.2, 0) is 16.0 Å². The van der Waals surface area contributed by atoms with E-state index in [0.29, 0.717) is 18.0 Å². The van der Waals surface area contributed by atoms with Gasteiger partial charge in [0.25, 0.3) is 0 Å². The molecule has 1 amide bonds. The molecule has 0 radical (unpaired) electrons. The predicted molar refractivity (Wildman–Crippen MR) is 62.7 cm³/mol. The van der Waals surface area contributed by atoms with Crippen molar-refractivity contribution in [2.24, 2.45) is 0 Å². The second kappa shape index (κ2) is 6.70. The Labute approximate surface area is 106 Å². The Hall–Kier alpha value is -1.96. The summed E-state index contributed by atoms with van der Waals surface area (Å²) in [6.07, 6.45) is 0.163. The summed E-state index contributed by atoms with van der Waals surface area (Å²) < 4.78 is 0. The van der Waals surface area contributed by atoms with Gasteiger partial charge in [0.1, 0.15) is 0 Å². The summed E-state index contributed by atoms with van der Waals surface area (Å²) >= 11 is 1.21. The minimum atomic E-state index is -1.08. The summed E-state index contributed by atoms with van der Waals surface area (Å²) in [5.74, 6) is -2.44. The van der Waals surface area contributed by atoms with Crippen LogP contribution in [0.5, 0.6) is 0 Å². The first-order valence-electron chi connectivity index (χ1n) is 5.15. The van der Waals surface area contributed by atoms with Gasteiger partial charge in [0.05, 0.1) is 11.4 Å². The van der Waals surface area contributed by atoms with E-state index in [1.54, 1.807) is 0 Å². The van der Waals surface area contributed by atoms with Crippen LogP contribution in [0, 0.1) is 0 Å². The molecule has 0 aliphatic carbocycles. The zero-order chi connectivity index (χ0) is 13.5. The molecule has 0 spiro atoms. The Morgan fingerprint density at radius 3 is 2.56 bits per heavy atom. The third kappa shape index (κ3) is 4.91. The van der Waals surface area contributed by atoms with Gasteiger partial charge in [-0.05, 0) is 0 Å². The largest absolute Gasteiger partial charge is 0.481 e. The molecule has 1 heterocycles. The second-order valence-electron chi connectivity index (χ2n) is 3.43. The van der Waals surface area contributed by atoms with Crippen LogP contribution in [0.1, 0.15) is 28.3 Å². The predicted octanol–water partition coefficient (Wildman–Crippen LogP) is 0.365. The topological polar surface area (TPSA) is 117 Å². The highest BCUT2D eigenvalue weighted by Crippen LogP contribution is 2.09. The number of aromatic carboxylic acids is 1. The zero-order valence-corrected chi connectivity index (χ0v) is 10.2. The number of carboxylic acids is 2. The number of amides is 1. The number of carboxylic acid groups (broad SMARTS) is 2. The molecule has 3 N–H and O–H groups in total. The maximum Gasteiger partial charge on any atom is 0.355 e. The van der Waals surface area contributed by atoms with E-state index in [4.69, 9.17) is 10.2 Å². The average molecular weight is 272 g/mol. The van der Waals surface area contributed by atoms with E-state index < -0.39 is 11.9 Å². The van der Waals surface area contributed by atoms with Gasteiger partial charge in [-0.3, -0.25) is 9.59 Å². The summed E-state index contributed by atoms with van der Waals surface area (Å²) in [4.78, 5) is 35.8. The van der Waals surface area contributed by atoms with E-state index >= 15 is 0 Å². The van der Waals surface area contributed by atoms with Gasteiger partial charge in [-0.1, -0.05) is 0 Å². The SMILES string of the molecule is O=C(O)CCC(=O)NCCc1nc(C(=O)O)cs1. The molecule has 98 valence electrons. The van der Waals surface area contributed by atoms with E-state index in [-0.39, 0.29) is 24.4 Å². The summed E-state index contributed by atoms with van der Waals surface area (Å²) in [6, 6.07) is 0. The second-order valence-corrected chi connectivity index (χ2v) is 4.37. The number of hydrogen-bond acceptors (Lipinski definition) is 5.